The lowest BCUT2D eigenvalue weighted by atomic mass is 10.1. The molecule has 0 unspecified atom stereocenters. The van der Waals surface area contributed by atoms with Crippen LogP contribution in [-0.2, 0) is 6.54 Å². The van der Waals surface area contributed by atoms with Gasteiger partial charge in [0.15, 0.2) is 0 Å². The summed E-state index contributed by atoms with van der Waals surface area (Å²) in [5.41, 5.74) is 2.98. The zero-order valence-corrected chi connectivity index (χ0v) is 10.6. The topological polar surface area (TPSA) is 72.5 Å². The zero-order chi connectivity index (χ0) is 13.0. The lowest BCUT2D eigenvalue weighted by Gasteiger charge is -2.04. The van der Waals surface area contributed by atoms with Crippen molar-refractivity contribution in [1.82, 2.24) is 4.37 Å². The lowest BCUT2D eigenvalue weighted by molar-refractivity contribution is 1.15. The predicted molar refractivity (Wildman–Crippen MR) is 70.0 cm³/mol. The van der Waals surface area contributed by atoms with Crippen molar-refractivity contribution < 1.29 is 0 Å². The number of rotatable bonds is 3. The fraction of sp³-hybridized carbons (Fsp3) is 0.154. The van der Waals surface area contributed by atoms with Gasteiger partial charge in [0.25, 0.3) is 0 Å². The van der Waals surface area contributed by atoms with Crippen LogP contribution in [0.5, 0.6) is 0 Å². The Labute approximate surface area is 109 Å². The van der Waals surface area contributed by atoms with Crippen LogP contribution in [-0.4, -0.2) is 4.37 Å². The third-order valence-corrected chi connectivity index (χ3v) is 3.38. The van der Waals surface area contributed by atoms with Gasteiger partial charge in [-0.3, -0.25) is 0 Å². The van der Waals surface area contributed by atoms with Gasteiger partial charge in [-0.2, -0.15) is 14.9 Å². The fourth-order valence-corrected chi connectivity index (χ4v) is 2.30. The summed E-state index contributed by atoms with van der Waals surface area (Å²) in [4.78, 5) is 0. The molecule has 0 amide bonds. The van der Waals surface area contributed by atoms with E-state index >= 15 is 0 Å². The average Bonchev–Trinajstić information content (AvgIpc) is 2.77. The van der Waals surface area contributed by atoms with Crippen molar-refractivity contribution >= 4 is 16.5 Å². The van der Waals surface area contributed by atoms with Crippen LogP contribution in [0.15, 0.2) is 24.3 Å². The Morgan fingerprint density at radius 3 is 2.89 bits per heavy atom. The van der Waals surface area contributed by atoms with Crippen molar-refractivity contribution in [3.63, 3.8) is 0 Å². The smallest absolute Gasteiger partial charge is 0.127 e. The van der Waals surface area contributed by atoms with E-state index in [0.717, 1.165) is 16.3 Å². The molecule has 0 fully saturated rings. The molecule has 1 aromatic carbocycles. The molecule has 0 aliphatic rings. The summed E-state index contributed by atoms with van der Waals surface area (Å²) < 4.78 is 4.14. The normalized spacial score (nSPS) is 9.50. The van der Waals surface area contributed by atoms with Gasteiger partial charge in [0.05, 0.1) is 17.3 Å². The minimum atomic E-state index is 0.575. The van der Waals surface area contributed by atoms with Gasteiger partial charge in [0, 0.05) is 6.54 Å². The van der Waals surface area contributed by atoms with Gasteiger partial charge in [-0.05, 0) is 36.2 Å². The van der Waals surface area contributed by atoms with E-state index in [2.05, 4.69) is 21.8 Å². The third kappa shape index (κ3) is 2.48. The quantitative estimate of drug-likeness (QED) is 0.914. The largest absolute Gasteiger partial charge is 0.370 e. The second-order valence-electron chi connectivity index (χ2n) is 3.75. The maximum absolute atomic E-state index is 9.00. The molecule has 18 heavy (non-hydrogen) atoms. The minimum Gasteiger partial charge on any atom is -0.370 e. The highest BCUT2D eigenvalue weighted by Gasteiger charge is 2.09. The molecule has 2 aromatic rings. The fourth-order valence-electron chi connectivity index (χ4n) is 1.56. The summed E-state index contributed by atoms with van der Waals surface area (Å²) in [6.07, 6.45) is 0. The van der Waals surface area contributed by atoms with Crippen LogP contribution in [0.2, 0.25) is 0 Å². The van der Waals surface area contributed by atoms with Crippen molar-refractivity contribution in [2.75, 3.05) is 5.32 Å². The van der Waals surface area contributed by atoms with Gasteiger partial charge in [0.2, 0.25) is 0 Å². The first-order valence-corrected chi connectivity index (χ1v) is 6.11. The van der Waals surface area contributed by atoms with Crippen molar-refractivity contribution in [1.29, 1.82) is 10.5 Å². The van der Waals surface area contributed by atoms with Crippen LogP contribution in [0.1, 0.15) is 22.4 Å². The lowest BCUT2D eigenvalue weighted by Crippen LogP contribution is -1.99. The number of nitriles is 2. The van der Waals surface area contributed by atoms with Crippen molar-refractivity contribution in [2.45, 2.75) is 13.5 Å². The van der Waals surface area contributed by atoms with E-state index in [1.54, 1.807) is 6.07 Å². The molecule has 0 spiro atoms. The maximum atomic E-state index is 9.00. The maximum Gasteiger partial charge on any atom is 0.127 e. The molecule has 5 heteroatoms. The number of anilines is 1. The number of aromatic nitrogens is 1. The number of nitrogens with one attached hydrogen (secondary N) is 1. The van der Waals surface area contributed by atoms with Gasteiger partial charge in [-0.15, -0.1) is 0 Å². The standard InChI is InChI=1S/C13H10N4S/c1-9-12(7-15)13(18-17-9)16-8-11-4-2-3-10(5-11)6-14/h2-5,16H,8H2,1H3. The second-order valence-corrected chi connectivity index (χ2v) is 4.52. The SMILES string of the molecule is Cc1nsc(NCc2cccc(C#N)c2)c1C#N. The molecule has 0 radical (unpaired) electrons. The summed E-state index contributed by atoms with van der Waals surface area (Å²) in [6, 6.07) is 11.6. The van der Waals surface area contributed by atoms with Crippen LogP contribution in [0, 0.1) is 29.6 Å². The molecular weight excluding hydrogens is 244 g/mol. The first kappa shape index (κ1) is 12.1. The van der Waals surface area contributed by atoms with Crippen LogP contribution in [0.25, 0.3) is 0 Å². The Morgan fingerprint density at radius 1 is 1.33 bits per heavy atom. The Morgan fingerprint density at radius 2 is 2.17 bits per heavy atom. The summed E-state index contributed by atoms with van der Waals surface area (Å²) in [6.45, 7) is 2.39. The Bertz CT molecular complexity index is 646. The van der Waals surface area contributed by atoms with E-state index in [-0.39, 0.29) is 0 Å². The number of aryl methyl sites for hydroxylation is 1. The van der Waals surface area contributed by atoms with E-state index < -0.39 is 0 Å². The Kier molecular flexibility index (Phi) is 3.57. The average molecular weight is 254 g/mol. The van der Waals surface area contributed by atoms with Gasteiger partial charge in [-0.25, -0.2) is 0 Å². The molecule has 1 aromatic heterocycles. The van der Waals surface area contributed by atoms with E-state index in [4.69, 9.17) is 10.5 Å². The molecule has 0 saturated heterocycles. The highest BCUT2D eigenvalue weighted by molar-refractivity contribution is 7.10. The molecule has 2 rings (SSSR count). The zero-order valence-electron chi connectivity index (χ0n) is 9.77. The highest BCUT2D eigenvalue weighted by atomic mass is 32.1. The number of hydrogen-bond acceptors (Lipinski definition) is 5. The van der Waals surface area contributed by atoms with Crippen molar-refractivity contribution in [3.8, 4) is 12.1 Å². The van der Waals surface area contributed by atoms with Gasteiger partial charge >= 0.3 is 0 Å². The van der Waals surface area contributed by atoms with E-state index in [9.17, 15) is 0 Å². The van der Waals surface area contributed by atoms with E-state index in [1.165, 1.54) is 11.5 Å². The first-order chi connectivity index (χ1) is 8.74. The first-order valence-electron chi connectivity index (χ1n) is 5.34. The number of hydrogen-bond donors (Lipinski definition) is 1. The molecule has 4 nitrogen and oxygen atoms in total. The van der Waals surface area contributed by atoms with Crippen LogP contribution in [0.4, 0.5) is 5.00 Å². The summed E-state index contributed by atoms with van der Waals surface area (Å²) in [5.74, 6) is 0. The monoisotopic (exact) mass is 254 g/mol. The third-order valence-electron chi connectivity index (χ3n) is 2.48. The Hall–Kier alpha value is -2.37. The number of nitrogens with zero attached hydrogens (tertiary/aromatic N) is 3. The summed E-state index contributed by atoms with van der Waals surface area (Å²) >= 11 is 1.28. The van der Waals surface area contributed by atoms with E-state index in [0.29, 0.717) is 17.7 Å². The molecule has 0 bridgehead atoms. The highest BCUT2D eigenvalue weighted by Crippen LogP contribution is 2.23. The van der Waals surface area contributed by atoms with Crippen LogP contribution >= 0.6 is 11.5 Å². The van der Waals surface area contributed by atoms with Gasteiger partial charge in [-0.1, -0.05) is 12.1 Å². The van der Waals surface area contributed by atoms with Crippen molar-refractivity contribution in [3.05, 3.63) is 46.6 Å². The molecule has 0 atom stereocenters. The summed E-state index contributed by atoms with van der Waals surface area (Å²) in [7, 11) is 0. The molecular formula is C13H10N4S. The van der Waals surface area contributed by atoms with E-state index in [1.807, 2.05) is 25.1 Å². The van der Waals surface area contributed by atoms with Crippen LogP contribution < -0.4 is 5.32 Å². The summed E-state index contributed by atoms with van der Waals surface area (Å²) in [5, 5.41) is 21.8. The molecule has 88 valence electrons. The minimum absolute atomic E-state index is 0.575. The van der Waals surface area contributed by atoms with Crippen LogP contribution in [0.3, 0.4) is 0 Å². The molecule has 0 saturated carbocycles. The van der Waals surface area contributed by atoms with Gasteiger partial charge < -0.3 is 5.32 Å². The predicted octanol–water partition coefficient (Wildman–Crippen LogP) is 2.81. The second kappa shape index (κ2) is 5.31. The number of benzene rings is 1. The molecule has 0 aliphatic heterocycles. The van der Waals surface area contributed by atoms with Crippen molar-refractivity contribution in [2.24, 2.45) is 0 Å². The molecule has 1 N–H and O–H groups in total. The molecule has 0 aliphatic carbocycles. The molecule has 1 heterocycles. The van der Waals surface area contributed by atoms with Gasteiger partial charge in [0.1, 0.15) is 16.6 Å². The Balaban J connectivity index is 2.12.